The number of rotatable bonds is 6. The van der Waals surface area contributed by atoms with Gasteiger partial charge in [0.1, 0.15) is 33.7 Å². The van der Waals surface area contributed by atoms with Crippen LogP contribution in [-0.2, 0) is 10.0 Å². The van der Waals surface area contributed by atoms with Crippen LogP contribution >= 0.6 is 0 Å². The van der Waals surface area contributed by atoms with Crippen molar-refractivity contribution in [2.45, 2.75) is 42.7 Å². The van der Waals surface area contributed by atoms with Gasteiger partial charge in [-0.2, -0.15) is 0 Å². The van der Waals surface area contributed by atoms with Crippen molar-refractivity contribution < 1.29 is 27.1 Å². The number of fused-ring (bicyclic) bond motifs is 1. The molecule has 2 fully saturated rings. The zero-order chi connectivity index (χ0) is 28.7. The number of imidazole rings is 1. The topological polar surface area (TPSA) is 120 Å². The first kappa shape index (κ1) is 27.1. The van der Waals surface area contributed by atoms with Gasteiger partial charge >= 0.3 is 0 Å². The van der Waals surface area contributed by atoms with Crippen molar-refractivity contribution in [3.8, 4) is 0 Å². The lowest BCUT2D eigenvalue weighted by Gasteiger charge is -2.38. The fourth-order valence-electron chi connectivity index (χ4n) is 5.54. The molecule has 1 amide bonds. The number of amides is 1. The van der Waals surface area contributed by atoms with Crippen LogP contribution in [0.15, 0.2) is 66.0 Å². The number of nitrogens with zero attached hydrogens (tertiary/aromatic N) is 5. The molecular formula is C28H28F2N6O4S. The second kappa shape index (κ2) is 10.7. The number of sulfonamides is 1. The molecule has 0 radical (unpaired) electrons. The number of pyridine rings is 2. The molecule has 214 valence electrons. The van der Waals surface area contributed by atoms with E-state index in [4.69, 9.17) is 0 Å². The van der Waals surface area contributed by atoms with Crippen LogP contribution in [0.5, 0.6) is 0 Å². The molecule has 2 atom stereocenters. The van der Waals surface area contributed by atoms with Crippen LogP contribution in [0.2, 0.25) is 0 Å². The van der Waals surface area contributed by atoms with E-state index in [9.17, 15) is 27.1 Å². The van der Waals surface area contributed by atoms with Crippen LogP contribution < -0.4 is 14.5 Å². The molecule has 0 saturated carbocycles. The maximum absolute atomic E-state index is 14.7. The van der Waals surface area contributed by atoms with Crippen LogP contribution in [0, 0.1) is 11.6 Å². The van der Waals surface area contributed by atoms with E-state index in [1.807, 2.05) is 9.80 Å². The number of anilines is 2. The fraction of sp³-hybridized carbons (Fsp3) is 0.321. The van der Waals surface area contributed by atoms with E-state index >= 15 is 0 Å². The Balaban J connectivity index is 1.25. The Morgan fingerprint density at radius 3 is 2.61 bits per heavy atom. The monoisotopic (exact) mass is 582 g/mol. The Labute approximate surface area is 235 Å². The van der Waals surface area contributed by atoms with Crippen molar-refractivity contribution in [1.82, 2.24) is 19.1 Å². The van der Waals surface area contributed by atoms with Crippen LogP contribution in [0.1, 0.15) is 47.8 Å². The normalized spacial score (nSPS) is 19.6. The van der Waals surface area contributed by atoms with Gasteiger partial charge in [0.05, 0.1) is 24.0 Å². The minimum atomic E-state index is -4.25. The molecule has 2 aliphatic rings. The third kappa shape index (κ3) is 5.34. The van der Waals surface area contributed by atoms with Gasteiger partial charge in [-0.05, 0) is 68.1 Å². The molecule has 0 bridgehead atoms. The van der Waals surface area contributed by atoms with E-state index in [1.54, 1.807) is 18.3 Å². The van der Waals surface area contributed by atoms with Gasteiger partial charge in [-0.1, -0.05) is 0 Å². The molecule has 0 aliphatic carbocycles. The first-order valence-corrected chi connectivity index (χ1v) is 14.8. The Hall–Kier alpha value is -4.10. The van der Waals surface area contributed by atoms with E-state index in [0.717, 1.165) is 25.0 Å². The molecule has 4 aromatic rings. The van der Waals surface area contributed by atoms with Crippen LogP contribution in [-0.4, -0.2) is 59.5 Å². The number of aliphatic hydroxyl groups excluding tert-OH is 1. The summed E-state index contributed by atoms with van der Waals surface area (Å²) in [5.41, 5.74) is 1.33. The highest BCUT2D eigenvalue weighted by Gasteiger charge is 2.28. The van der Waals surface area contributed by atoms with Gasteiger partial charge in [0.25, 0.3) is 15.9 Å². The van der Waals surface area contributed by atoms with Crippen molar-refractivity contribution in [1.29, 1.82) is 0 Å². The Bertz CT molecular complexity index is 1710. The van der Waals surface area contributed by atoms with Crippen LogP contribution in [0.4, 0.5) is 20.3 Å². The predicted molar refractivity (Wildman–Crippen MR) is 147 cm³/mol. The first-order chi connectivity index (χ1) is 19.7. The zero-order valence-electron chi connectivity index (χ0n) is 22.0. The van der Waals surface area contributed by atoms with E-state index in [1.165, 1.54) is 35.0 Å². The van der Waals surface area contributed by atoms with Gasteiger partial charge in [0.15, 0.2) is 0 Å². The molecule has 13 heteroatoms. The molecule has 1 aromatic carbocycles. The smallest absolute Gasteiger partial charge is 0.283 e. The highest BCUT2D eigenvalue weighted by atomic mass is 32.2. The Kier molecular flexibility index (Phi) is 7.08. The summed E-state index contributed by atoms with van der Waals surface area (Å²) in [6.45, 7) is 1.63. The maximum Gasteiger partial charge on any atom is 0.283 e. The molecule has 1 unspecified atom stereocenters. The summed E-state index contributed by atoms with van der Waals surface area (Å²) in [6.07, 6.45) is 6.60. The number of aromatic nitrogens is 3. The number of β-amino-alcohol motifs (C(OH)–C–C–N with tert-alkyl or cyclic N) is 1. The average molecular weight is 583 g/mol. The zero-order valence-corrected chi connectivity index (χ0v) is 22.8. The van der Waals surface area contributed by atoms with Crippen molar-refractivity contribution in [3.63, 3.8) is 0 Å². The summed E-state index contributed by atoms with van der Waals surface area (Å²) < 4.78 is 58.3. The van der Waals surface area contributed by atoms with E-state index in [2.05, 4.69) is 14.7 Å². The lowest BCUT2D eigenvalue weighted by Crippen LogP contribution is -2.34. The fourth-order valence-corrected chi connectivity index (χ4v) is 6.45. The van der Waals surface area contributed by atoms with Crippen molar-refractivity contribution in [2.24, 2.45) is 0 Å². The van der Waals surface area contributed by atoms with Crippen molar-refractivity contribution in [3.05, 3.63) is 83.9 Å². The minimum Gasteiger partial charge on any atom is -0.391 e. The molecule has 5 heterocycles. The summed E-state index contributed by atoms with van der Waals surface area (Å²) in [5.74, 6) is -1.35. The Morgan fingerprint density at radius 2 is 1.85 bits per heavy atom. The maximum atomic E-state index is 14.7. The number of piperidine rings is 1. The summed E-state index contributed by atoms with van der Waals surface area (Å²) in [7, 11) is -4.25. The minimum absolute atomic E-state index is 0.00782. The second-order valence-electron chi connectivity index (χ2n) is 10.3. The van der Waals surface area contributed by atoms with E-state index in [-0.39, 0.29) is 16.2 Å². The molecule has 3 aromatic heterocycles. The van der Waals surface area contributed by atoms with Gasteiger partial charge in [0, 0.05) is 37.6 Å². The molecule has 10 nitrogen and oxygen atoms in total. The predicted octanol–water partition coefficient (Wildman–Crippen LogP) is 3.43. The molecular weight excluding hydrogens is 554 g/mol. The van der Waals surface area contributed by atoms with E-state index < -0.39 is 39.7 Å². The lowest BCUT2D eigenvalue weighted by molar-refractivity contribution is 0.0975. The number of benzene rings is 1. The average Bonchev–Trinajstić information content (AvgIpc) is 3.60. The number of hydrogen-bond donors (Lipinski definition) is 2. The Morgan fingerprint density at radius 1 is 1.00 bits per heavy atom. The summed E-state index contributed by atoms with van der Waals surface area (Å²) in [5, 5.41) is 9.74. The van der Waals surface area contributed by atoms with Gasteiger partial charge in [0.2, 0.25) is 0 Å². The summed E-state index contributed by atoms with van der Waals surface area (Å²) in [4.78, 5) is 25.2. The van der Waals surface area contributed by atoms with Crippen molar-refractivity contribution >= 4 is 33.1 Å². The third-order valence-electron chi connectivity index (χ3n) is 7.62. The number of carbonyl (C=O) groups excluding carboxylic acids is 1. The molecule has 6 rings (SSSR count). The van der Waals surface area contributed by atoms with Gasteiger partial charge in [-0.15, -0.1) is 0 Å². The summed E-state index contributed by atoms with van der Waals surface area (Å²) >= 11 is 0. The highest BCUT2D eigenvalue weighted by molar-refractivity contribution is 7.90. The number of halogens is 2. The SMILES string of the molecule is O=C(NS(=O)(=O)c1ccc(N2CC[C@@H](O)C2)nc1)c1cnc2ccc(N3CCCCC3c3cc(F)ccc3F)cn12. The highest BCUT2D eigenvalue weighted by Crippen LogP contribution is 2.36. The number of hydrogen-bond acceptors (Lipinski definition) is 8. The van der Waals surface area contributed by atoms with E-state index in [0.29, 0.717) is 49.6 Å². The first-order valence-electron chi connectivity index (χ1n) is 13.3. The molecule has 2 aliphatic heterocycles. The largest absolute Gasteiger partial charge is 0.391 e. The number of aliphatic hydroxyl groups is 1. The molecule has 41 heavy (non-hydrogen) atoms. The van der Waals surface area contributed by atoms with Gasteiger partial charge < -0.3 is 14.9 Å². The quantitative estimate of drug-likeness (QED) is 0.355. The standard InChI is InChI=1S/C28H28F2N6O4S/c29-18-4-7-23(30)22(13-18)24-3-1-2-11-35(24)19-5-8-27-32-15-25(36(27)16-19)28(38)33-41(39,40)21-6-9-26(31-14-21)34-12-10-20(37)17-34/h4-9,13-16,20,24,37H,1-3,10-12,17H2,(H,33,38)/t20-,24?/m1/s1. The summed E-state index contributed by atoms with van der Waals surface area (Å²) in [6, 6.07) is 9.40. The number of carbonyl (C=O) groups is 1. The third-order valence-corrected chi connectivity index (χ3v) is 8.94. The molecule has 0 spiro atoms. The van der Waals surface area contributed by atoms with Crippen molar-refractivity contribution in [2.75, 3.05) is 29.4 Å². The van der Waals surface area contributed by atoms with Crippen LogP contribution in [0.25, 0.3) is 5.65 Å². The van der Waals surface area contributed by atoms with Crippen LogP contribution in [0.3, 0.4) is 0 Å². The van der Waals surface area contributed by atoms with Gasteiger partial charge in [-0.25, -0.2) is 31.9 Å². The molecule has 2 N–H and O–H groups in total. The second-order valence-corrected chi connectivity index (χ2v) is 12.0. The number of nitrogens with one attached hydrogen (secondary N) is 1. The molecule has 2 saturated heterocycles. The van der Waals surface area contributed by atoms with Gasteiger partial charge in [-0.3, -0.25) is 9.20 Å². The lowest BCUT2D eigenvalue weighted by atomic mass is 9.94.